The van der Waals surface area contributed by atoms with Crippen LogP contribution in [0, 0.1) is 0 Å². The van der Waals surface area contributed by atoms with Gasteiger partial charge in [-0.25, -0.2) is 4.98 Å². The summed E-state index contributed by atoms with van der Waals surface area (Å²) in [6.07, 6.45) is 0. The topological polar surface area (TPSA) is 73.6 Å². The van der Waals surface area contributed by atoms with Crippen LogP contribution in [-0.2, 0) is 4.79 Å². The van der Waals surface area contributed by atoms with Crippen molar-refractivity contribution < 1.29 is 18.7 Å². The smallest absolute Gasteiger partial charge is 0.262 e. The number of rotatable bonds is 6. The Morgan fingerprint density at radius 1 is 0.906 bits per heavy atom. The zero-order valence-corrected chi connectivity index (χ0v) is 17.4. The van der Waals surface area contributed by atoms with Crippen LogP contribution in [0.25, 0.3) is 33.3 Å². The van der Waals surface area contributed by atoms with Gasteiger partial charge in [-0.15, -0.1) is 0 Å². The fourth-order valence-electron chi connectivity index (χ4n) is 3.56. The van der Waals surface area contributed by atoms with Gasteiger partial charge in [-0.3, -0.25) is 4.79 Å². The van der Waals surface area contributed by atoms with Crippen molar-refractivity contribution in [3.63, 3.8) is 0 Å². The van der Waals surface area contributed by atoms with Gasteiger partial charge in [-0.1, -0.05) is 42.5 Å². The zero-order valence-electron chi connectivity index (χ0n) is 17.4. The molecule has 1 heterocycles. The minimum atomic E-state index is -0.283. The Bertz CT molecular complexity index is 1410. The number of anilines is 1. The third-order valence-corrected chi connectivity index (χ3v) is 5.14. The molecule has 0 bridgehead atoms. The average molecular weight is 424 g/mol. The van der Waals surface area contributed by atoms with E-state index in [4.69, 9.17) is 18.9 Å². The maximum Gasteiger partial charge on any atom is 0.262 e. The van der Waals surface area contributed by atoms with Crippen molar-refractivity contribution >= 4 is 33.5 Å². The van der Waals surface area contributed by atoms with Crippen molar-refractivity contribution in [1.82, 2.24) is 4.98 Å². The van der Waals surface area contributed by atoms with E-state index >= 15 is 0 Å². The second-order valence-electron chi connectivity index (χ2n) is 7.21. The van der Waals surface area contributed by atoms with Gasteiger partial charge in [0.15, 0.2) is 12.2 Å². The van der Waals surface area contributed by atoms with Crippen LogP contribution < -0.4 is 14.8 Å². The monoisotopic (exact) mass is 424 g/mol. The van der Waals surface area contributed by atoms with Crippen molar-refractivity contribution in [2.24, 2.45) is 0 Å². The summed E-state index contributed by atoms with van der Waals surface area (Å²) < 4.78 is 16.7. The second kappa shape index (κ2) is 8.43. The Morgan fingerprint density at radius 3 is 2.50 bits per heavy atom. The van der Waals surface area contributed by atoms with Gasteiger partial charge in [0, 0.05) is 5.39 Å². The summed E-state index contributed by atoms with van der Waals surface area (Å²) in [4.78, 5) is 17.3. The maximum absolute atomic E-state index is 12.5. The Labute approximate surface area is 184 Å². The molecule has 1 aromatic heterocycles. The lowest BCUT2D eigenvalue weighted by Gasteiger charge is -2.10. The lowest BCUT2D eigenvalue weighted by molar-refractivity contribution is -0.118. The van der Waals surface area contributed by atoms with E-state index in [2.05, 4.69) is 5.32 Å². The van der Waals surface area contributed by atoms with Crippen LogP contribution in [0.2, 0.25) is 0 Å². The number of hydrogen-bond donors (Lipinski definition) is 1. The van der Waals surface area contributed by atoms with E-state index in [0.29, 0.717) is 28.5 Å². The number of aromatic nitrogens is 1. The first-order valence-electron chi connectivity index (χ1n) is 10.2. The summed E-state index contributed by atoms with van der Waals surface area (Å²) in [7, 11) is 1.60. The number of nitrogens with one attached hydrogen (secondary N) is 1. The van der Waals surface area contributed by atoms with Crippen molar-refractivity contribution in [2.75, 3.05) is 19.0 Å². The van der Waals surface area contributed by atoms with E-state index in [1.165, 1.54) is 0 Å². The lowest BCUT2D eigenvalue weighted by Crippen LogP contribution is -2.20. The predicted octanol–water partition coefficient (Wildman–Crippen LogP) is 5.67. The minimum absolute atomic E-state index is 0.126. The van der Waals surface area contributed by atoms with Gasteiger partial charge in [0.1, 0.15) is 17.0 Å². The van der Waals surface area contributed by atoms with Gasteiger partial charge in [-0.05, 0) is 47.9 Å². The number of hydrogen-bond acceptors (Lipinski definition) is 5. The number of ether oxygens (including phenoxy) is 2. The normalized spacial score (nSPS) is 10.9. The van der Waals surface area contributed by atoms with Crippen LogP contribution in [0.15, 0.2) is 89.3 Å². The van der Waals surface area contributed by atoms with Gasteiger partial charge in [0.05, 0.1) is 18.4 Å². The van der Waals surface area contributed by atoms with E-state index in [9.17, 15) is 4.79 Å². The number of benzene rings is 4. The van der Waals surface area contributed by atoms with Gasteiger partial charge < -0.3 is 19.2 Å². The standard InChI is InChI=1S/C26H20N2O4/c1-30-18-11-13-19(14-12-18)31-16-24(29)27-22-9-5-4-8-21(22)26-28-25-20-7-3-2-6-17(20)10-15-23(25)32-26/h2-15H,16H2,1H3,(H,27,29). The van der Waals surface area contributed by atoms with Crippen LogP contribution in [0.4, 0.5) is 5.69 Å². The van der Waals surface area contributed by atoms with E-state index in [1.54, 1.807) is 31.4 Å². The quantitative estimate of drug-likeness (QED) is 0.380. The highest BCUT2D eigenvalue weighted by atomic mass is 16.5. The van der Waals surface area contributed by atoms with Gasteiger partial charge in [0.25, 0.3) is 5.91 Å². The molecule has 0 radical (unpaired) electrons. The number of amides is 1. The first-order valence-corrected chi connectivity index (χ1v) is 10.2. The summed E-state index contributed by atoms with van der Waals surface area (Å²) in [5.41, 5.74) is 2.79. The number of para-hydroxylation sites is 1. The van der Waals surface area contributed by atoms with E-state index in [0.717, 1.165) is 22.0 Å². The summed E-state index contributed by atoms with van der Waals surface area (Å²) in [5.74, 6) is 1.47. The molecule has 0 atom stereocenters. The number of oxazole rings is 1. The molecule has 5 rings (SSSR count). The highest BCUT2D eigenvalue weighted by molar-refractivity contribution is 6.04. The highest BCUT2D eigenvalue weighted by Crippen LogP contribution is 2.33. The molecule has 5 aromatic rings. The van der Waals surface area contributed by atoms with Crippen LogP contribution in [-0.4, -0.2) is 24.6 Å². The summed E-state index contributed by atoms with van der Waals surface area (Å²) in [5, 5.41) is 5.01. The number of carbonyl (C=O) groups is 1. The maximum atomic E-state index is 12.5. The van der Waals surface area contributed by atoms with Gasteiger partial charge >= 0.3 is 0 Å². The second-order valence-corrected chi connectivity index (χ2v) is 7.21. The molecule has 0 aliphatic rings. The predicted molar refractivity (Wildman–Crippen MR) is 124 cm³/mol. The molecule has 1 N–H and O–H groups in total. The van der Waals surface area contributed by atoms with Crippen molar-refractivity contribution in [2.45, 2.75) is 0 Å². The molecule has 6 nitrogen and oxygen atoms in total. The molecular weight excluding hydrogens is 404 g/mol. The largest absolute Gasteiger partial charge is 0.497 e. The Morgan fingerprint density at radius 2 is 1.66 bits per heavy atom. The zero-order chi connectivity index (χ0) is 21.9. The molecule has 6 heteroatoms. The number of fused-ring (bicyclic) bond motifs is 3. The summed E-state index contributed by atoms with van der Waals surface area (Å²) in [6.45, 7) is -0.126. The summed E-state index contributed by atoms with van der Waals surface area (Å²) >= 11 is 0. The highest BCUT2D eigenvalue weighted by Gasteiger charge is 2.15. The molecule has 4 aromatic carbocycles. The Balaban J connectivity index is 1.38. The molecule has 1 amide bonds. The molecular formula is C26H20N2O4. The Kier molecular flexibility index (Phi) is 5.17. The third-order valence-electron chi connectivity index (χ3n) is 5.14. The molecule has 32 heavy (non-hydrogen) atoms. The lowest BCUT2D eigenvalue weighted by atomic mass is 10.1. The van der Waals surface area contributed by atoms with Crippen molar-refractivity contribution in [1.29, 1.82) is 0 Å². The third kappa shape index (κ3) is 3.86. The minimum Gasteiger partial charge on any atom is -0.497 e. The van der Waals surface area contributed by atoms with Gasteiger partial charge in [0.2, 0.25) is 5.89 Å². The molecule has 158 valence electrons. The molecule has 0 aliphatic carbocycles. The number of methoxy groups -OCH3 is 1. The number of carbonyl (C=O) groups excluding carboxylic acids is 1. The van der Waals surface area contributed by atoms with Crippen molar-refractivity contribution in [3.8, 4) is 23.0 Å². The van der Waals surface area contributed by atoms with Crippen LogP contribution in [0.1, 0.15) is 0 Å². The average Bonchev–Trinajstić information content (AvgIpc) is 3.28. The first kappa shape index (κ1) is 19.6. The molecule has 0 saturated carbocycles. The fourth-order valence-corrected chi connectivity index (χ4v) is 3.56. The summed E-state index contributed by atoms with van der Waals surface area (Å²) in [6, 6.07) is 26.4. The van der Waals surface area contributed by atoms with Crippen LogP contribution >= 0.6 is 0 Å². The molecule has 0 unspecified atom stereocenters. The molecule has 0 fully saturated rings. The SMILES string of the molecule is COc1ccc(OCC(=O)Nc2ccccc2-c2nc3c(ccc4ccccc43)o2)cc1. The van der Waals surface area contributed by atoms with Crippen molar-refractivity contribution in [3.05, 3.63) is 84.9 Å². The van der Waals surface area contributed by atoms with E-state index in [-0.39, 0.29) is 12.5 Å². The Hall–Kier alpha value is -4.32. The molecule has 0 aliphatic heterocycles. The fraction of sp³-hybridized carbons (Fsp3) is 0.0769. The molecule has 0 saturated heterocycles. The first-order chi connectivity index (χ1) is 15.7. The number of nitrogens with zero attached hydrogens (tertiary/aromatic N) is 1. The van der Waals surface area contributed by atoms with E-state index in [1.807, 2.05) is 60.7 Å². The van der Waals surface area contributed by atoms with Gasteiger partial charge in [-0.2, -0.15) is 0 Å². The van der Waals surface area contributed by atoms with E-state index < -0.39 is 0 Å². The van der Waals surface area contributed by atoms with Crippen LogP contribution in [0.3, 0.4) is 0 Å². The molecule has 0 spiro atoms. The van der Waals surface area contributed by atoms with Crippen LogP contribution in [0.5, 0.6) is 11.5 Å².